The standard InChI is InChI=1S/C13H20N2O2S/c1-9-5-10(6-18-9)13(14)7-15(8-13)11(16)17-12(2,3)4/h5-6H,7-8,14H2,1-4H3. The van der Waals surface area contributed by atoms with Gasteiger partial charge in [0.2, 0.25) is 0 Å². The third kappa shape index (κ3) is 2.67. The van der Waals surface area contributed by atoms with E-state index in [4.69, 9.17) is 10.5 Å². The first-order valence-corrected chi connectivity index (χ1v) is 6.90. The van der Waals surface area contributed by atoms with Crippen LogP contribution in [0, 0.1) is 6.92 Å². The maximum atomic E-state index is 11.8. The molecule has 0 radical (unpaired) electrons. The lowest BCUT2D eigenvalue weighted by atomic mass is 9.85. The smallest absolute Gasteiger partial charge is 0.410 e. The maximum absolute atomic E-state index is 11.8. The molecule has 2 heterocycles. The molecule has 0 atom stereocenters. The van der Waals surface area contributed by atoms with Gasteiger partial charge in [0, 0.05) is 18.0 Å². The minimum Gasteiger partial charge on any atom is -0.444 e. The highest BCUT2D eigenvalue weighted by molar-refractivity contribution is 7.10. The first kappa shape index (κ1) is 13.4. The molecule has 5 heteroatoms. The lowest BCUT2D eigenvalue weighted by Crippen LogP contribution is -2.66. The van der Waals surface area contributed by atoms with Crippen LogP contribution in [0.5, 0.6) is 0 Å². The lowest BCUT2D eigenvalue weighted by molar-refractivity contribution is -0.00881. The van der Waals surface area contributed by atoms with E-state index in [9.17, 15) is 4.79 Å². The number of rotatable bonds is 1. The summed E-state index contributed by atoms with van der Waals surface area (Å²) in [5.74, 6) is 0. The summed E-state index contributed by atoms with van der Waals surface area (Å²) in [7, 11) is 0. The van der Waals surface area contributed by atoms with Crippen LogP contribution < -0.4 is 5.73 Å². The Morgan fingerprint density at radius 3 is 2.56 bits per heavy atom. The Labute approximate surface area is 112 Å². The molecule has 2 N–H and O–H groups in total. The number of likely N-dealkylation sites (tertiary alicyclic amines) is 1. The number of nitrogens with two attached hydrogens (primary N) is 1. The molecule has 0 unspecified atom stereocenters. The van der Waals surface area contributed by atoms with Crippen LogP contribution >= 0.6 is 11.3 Å². The van der Waals surface area contributed by atoms with Crippen LogP contribution in [-0.4, -0.2) is 29.7 Å². The normalized spacial score (nSPS) is 18.4. The second-order valence-corrected chi connectivity index (χ2v) is 7.05. The zero-order valence-corrected chi connectivity index (χ0v) is 12.1. The Kier molecular flexibility index (Phi) is 3.15. The van der Waals surface area contributed by atoms with Crippen LogP contribution in [0.2, 0.25) is 0 Å². The van der Waals surface area contributed by atoms with Crippen molar-refractivity contribution in [3.05, 3.63) is 21.9 Å². The van der Waals surface area contributed by atoms with Gasteiger partial charge < -0.3 is 15.4 Å². The van der Waals surface area contributed by atoms with Gasteiger partial charge in [0.05, 0.1) is 5.54 Å². The summed E-state index contributed by atoms with van der Waals surface area (Å²) < 4.78 is 5.31. The number of aryl methyl sites for hydroxylation is 1. The van der Waals surface area contributed by atoms with Gasteiger partial charge in [0.15, 0.2) is 0 Å². The van der Waals surface area contributed by atoms with E-state index in [1.807, 2.05) is 20.8 Å². The van der Waals surface area contributed by atoms with Crippen LogP contribution in [0.4, 0.5) is 4.79 Å². The molecular weight excluding hydrogens is 248 g/mol. The largest absolute Gasteiger partial charge is 0.444 e. The van der Waals surface area contributed by atoms with Gasteiger partial charge in [-0.1, -0.05) is 0 Å². The first-order valence-electron chi connectivity index (χ1n) is 6.02. The number of nitrogens with zero attached hydrogens (tertiary/aromatic N) is 1. The van der Waals surface area contributed by atoms with Gasteiger partial charge in [-0.05, 0) is 44.7 Å². The quantitative estimate of drug-likeness (QED) is 0.851. The van der Waals surface area contributed by atoms with Gasteiger partial charge in [0.1, 0.15) is 5.60 Å². The molecule has 1 amide bonds. The fourth-order valence-corrected chi connectivity index (χ4v) is 2.79. The summed E-state index contributed by atoms with van der Waals surface area (Å²) in [5.41, 5.74) is 6.55. The Bertz CT molecular complexity index is 456. The van der Waals surface area contributed by atoms with Crippen molar-refractivity contribution in [1.82, 2.24) is 4.90 Å². The molecule has 0 bridgehead atoms. The third-order valence-corrected chi connectivity index (χ3v) is 3.76. The Hall–Kier alpha value is -1.07. The van der Waals surface area contributed by atoms with E-state index in [0.717, 1.165) is 5.56 Å². The second-order valence-electron chi connectivity index (χ2n) is 5.94. The Morgan fingerprint density at radius 1 is 1.50 bits per heavy atom. The van der Waals surface area contributed by atoms with Crippen LogP contribution in [0.15, 0.2) is 11.4 Å². The Morgan fingerprint density at radius 2 is 2.11 bits per heavy atom. The topological polar surface area (TPSA) is 55.6 Å². The first-order chi connectivity index (χ1) is 8.20. The third-order valence-electron chi connectivity index (χ3n) is 2.90. The maximum Gasteiger partial charge on any atom is 0.410 e. The van der Waals surface area contributed by atoms with Crippen LogP contribution in [0.1, 0.15) is 31.2 Å². The van der Waals surface area contributed by atoms with E-state index in [1.165, 1.54) is 4.88 Å². The monoisotopic (exact) mass is 268 g/mol. The zero-order valence-electron chi connectivity index (χ0n) is 11.3. The van der Waals surface area contributed by atoms with Gasteiger partial charge in [-0.2, -0.15) is 0 Å². The molecule has 0 aliphatic carbocycles. The number of carbonyl (C=O) groups is 1. The summed E-state index contributed by atoms with van der Waals surface area (Å²) in [6.07, 6.45) is -0.282. The molecule has 2 rings (SSSR count). The predicted octanol–water partition coefficient (Wildman–Crippen LogP) is 2.46. The van der Waals surface area contributed by atoms with E-state index < -0.39 is 11.1 Å². The van der Waals surface area contributed by atoms with Crippen molar-refractivity contribution in [2.75, 3.05) is 13.1 Å². The van der Waals surface area contributed by atoms with Crippen LogP contribution in [0.25, 0.3) is 0 Å². The molecule has 0 saturated carbocycles. The van der Waals surface area contributed by atoms with Crippen molar-refractivity contribution in [2.45, 2.75) is 38.8 Å². The fraction of sp³-hybridized carbons (Fsp3) is 0.615. The van der Waals surface area contributed by atoms with Gasteiger partial charge in [0.25, 0.3) is 0 Å². The summed E-state index contributed by atoms with van der Waals surface area (Å²) >= 11 is 1.69. The molecule has 0 aromatic carbocycles. The molecule has 18 heavy (non-hydrogen) atoms. The summed E-state index contributed by atoms with van der Waals surface area (Å²) in [6.45, 7) is 8.70. The van der Waals surface area contributed by atoms with Crippen molar-refractivity contribution in [2.24, 2.45) is 5.73 Å². The van der Waals surface area contributed by atoms with Crippen molar-refractivity contribution >= 4 is 17.4 Å². The molecule has 1 saturated heterocycles. The molecule has 100 valence electrons. The average Bonchev–Trinajstić information content (AvgIpc) is 2.57. The summed E-state index contributed by atoms with van der Waals surface area (Å²) in [6, 6.07) is 2.09. The number of hydrogen-bond acceptors (Lipinski definition) is 4. The predicted molar refractivity (Wildman–Crippen MR) is 72.7 cm³/mol. The number of carbonyl (C=O) groups excluding carboxylic acids is 1. The average molecular weight is 268 g/mol. The lowest BCUT2D eigenvalue weighted by Gasteiger charge is -2.47. The highest BCUT2D eigenvalue weighted by Crippen LogP contribution is 2.33. The van der Waals surface area contributed by atoms with E-state index in [0.29, 0.717) is 13.1 Å². The molecule has 1 aromatic rings. The molecule has 1 aliphatic rings. The van der Waals surface area contributed by atoms with Gasteiger partial charge >= 0.3 is 6.09 Å². The molecule has 0 spiro atoms. The molecule has 4 nitrogen and oxygen atoms in total. The van der Waals surface area contributed by atoms with Gasteiger partial charge in [-0.25, -0.2) is 4.79 Å². The van der Waals surface area contributed by atoms with E-state index >= 15 is 0 Å². The van der Waals surface area contributed by atoms with Crippen molar-refractivity contribution in [1.29, 1.82) is 0 Å². The van der Waals surface area contributed by atoms with Crippen molar-refractivity contribution in [3.8, 4) is 0 Å². The highest BCUT2D eigenvalue weighted by Gasteiger charge is 2.45. The number of hydrogen-bond donors (Lipinski definition) is 1. The second kappa shape index (κ2) is 4.24. The summed E-state index contributed by atoms with van der Waals surface area (Å²) in [5, 5.41) is 2.07. The van der Waals surface area contributed by atoms with Crippen molar-refractivity contribution < 1.29 is 9.53 Å². The van der Waals surface area contributed by atoms with Gasteiger partial charge in [-0.15, -0.1) is 11.3 Å². The molecular formula is C13H20N2O2S. The number of thiophene rings is 1. The minimum atomic E-state index is -0.455. The van der Waals surface area contributed by atoms with Gasteiger partial charge in [-0.3, -0.25) is 0 Å². The van der Waals surface area contributed by atoms with Crippen LogP contribution in [-0.2, 0) is 10.3 Å². The molecule has 1 aromatic heterocycles. The number of amides is 1. The van der Waals surface area contributed by atoms with Crippen molar-refractivity contribution in [3.63, 3.8) is 0 Å². The minimum absolute atomic E-state index is 0.282. The molecule has 1 fully saturated rings. The van der Waals surface area contributed by atoms with E-state index in [-0.39, 0.29) is 6.09 Å². The summed E-state index contributed by atoms with van der Waals surface area (Å²) in [4.78, 5) is 14.7. The SMILES string of the molecule is Cc1cc(C2(N)CN(C(=O)OC(C)(C)C)C2)cs1. The van der Waals surface area contributed by atoms with E-state index in [2.05, 4.69) is 18.4 Å². The zero-order chi connectivity index (χ0) is 13.6. The number of ether oxygens (including phenoxy) is 1. The fourth-order valence-electron chi connectivity index (χ4n) is 1.98. The van der Waals surface area contributed by atoms with Crippen LogP contribution in [0.3, 0.4) is 0 Å². The highest BCUT2D eigenvalue weighted by atomic mass is 32.1. The van der Waals surface area contributed by atoms with E-state index in [1.54, 1.807) is 16.2 Å². The molecule has 1 aliphatic heterocycles. The Balaban J connectivity index is 1.95.